The number of guanidine groups is 1. The van der Waals surface area contributed by atoms with Crippen LogP contribution in [0.25, 0.3) is 11.0 Å². The third-order valence-corrected chi connectivity index (χ3v) is 5.96. The van der Waals surface area contributed by atoms with Crippen LogP contribution in [-0.4, -0.2) is 49.4 Å². The SMILES string of the molecule is Cc1cc(=O)oc2cc(NC(=O)[C@H](CCCN=C(N)N)NC(=O)CNC(=O)CCNCc3ccccc3)ccc12. The van der Waals surface area contributed by atoms with E-state index in [1.54, 1.807) is 25.1 Å². The van der Waals surface area contributed by atoms with Crippen molar-refractivity contribution in [2.75, 3.05) is 25.0 Å². The van der Waals surface area contributed by atoms with Gasteiger partial charge in [-0.25, -0.2) is 4.79 Å². The van der Waals surface area contributed by atoms with Gasteiger partial charge in [0.05, 0.1) is 6.54 Å². The fraction of sp³-hybridized carbons (Fsp3) is 0.321. The van der Waals surface area contributed by atoms with Crippen molar-refractivity contribution in [2.24, 2.45) is 16.5 Å². The first-order valence-corrected chi connectivity index (χ1v) is 12.9. The van der Waals surface area contributed by atoms with Gasteiger partial charge >= 0.3 is 5.63 Å². The highest BCUT2D eigenvalue weighted by Gasteiger charge is 2.21. The fourth-order valence-corrected chi connectivity index (χ4v) is 3.95. The number of carbonyl (C=O) groups excluding carboxylic acids is 3. The van der Waals surface area contributed by atoms with Crippen LogP contribution in [0.4, 0.5) is 5.69 Å². The van der Waals surface area contributed by atoms with E-state index in [0.29, 0.717) is 30.8 Å². The molecule has 0 aliphatic carbocycles. The minimum Gasteiger partial charge on any atom is -0.423 e. The first-order chi connectivity index (χ1) is 19.2. The lowest BCUT2D eigenvalue weighted by Crippen LogP contribution is -2.47. The van der Waals surface area contributed by atoms with Gasteiger partial charge in [0, 0.05) is 49.3 Å². The number of nitrogens with one attached hydrogen (secondary N) is 4. The minimum atomic E-state index is -0.925. The molecule has 12 nitrogen and oxygen atoms in total. The lowest BCUT2D eigenvalue weighted by molar-refractivity contribution is -0.128. The van der Waals surface area contributed by atoms with Gasteiger partial charge in [-0.15, -0.1) is 0 Å². The van der Waals surface area contributed by atoms with Gasteiger partial charge < -0.3 is 37.2 Å². The van der Waals surface area contributed by atoms with Crippen molar-refractivity contribution in [1.82, 2.24) is 16.0 Å². The summed E-state index contributed by atoms with van der Waals surface area (Å²) >= 11 is 0. The van der Waals surface area contributed by atoms with E-state index in [1.807, 2.05) is 30.3 Å². The highest BCUT2D eigenvalue weighted by Crippen LogP contribution is 2.21. The zero-order valence-electron chi connectivity index (χ0n) is 22.4. The maximum absolute atomic E-state index is 13.1. The lowest BCUT2D eigenvalue weighted by Gasteiger charge is -2.19. The van der Waals surface area contributed by atoms with Crippen molar-refractivity contribution in [3.8, 4) is 0 Å². The molecule has 12 heteroatoms. The number of carbonyl (C=O) groups is 3. The van der Waals surface area contributed by atoms with E-state index >= 15 is 0 Å². The average Bonchev–Trinajstić information content (AvgIpc) is 2.91. The maximum Gasteiger partial charge on any atom is 0.336 e. The molecule has 0 saturated carbocycles. The van der Waals surface area contributed by atoms with Crippen LogP contribution in [0.2, 0.25) is 0 Å². The van der Waals surface area contributed by atoms with Crippen LogP contribution < -0.4 is 38.4 Å². The molecule has 0 aliphatic rings. The molecule has 0 spiro atoms. The van der Waals surface area contributed by atoms with E-state index in [4.69, 9.17) is 15.9 Å². The van der Waals surface area contributed by atoms with E-state index in [2.05, 4.69) is 26.3 Å². The van der Waals surface area contributed by atoms with Gasteiger partial charge in [-0.2, -0.15) is 0 Å². The number of nitrogens with zero attached hydrogens (tertiary/aromatic N) is 1. The molecular weight excluding hydrogens is 514 g/mol. The predicted molar refractivity (Wildman–Crippen MR) is 153 cm³/mol. The Balaban J connectivity index is 1.53. The van der Waals surface area contributed by atoms with Crippen LogP contribution in [0.3, 0.4) is 0 Å². The Hall–Kier alpha value is -4.71. The van der Waals surface area contributed by atoms with Crippen molar-refractivity contribution in [3.63, 3.8) is 0 Å². The highest BCUT2D eigenvalue weighted by molar-refractivity contribution is 5.99. The summed E-state index contributed by atoms with van der Waals surface area (Å²) in [7, 11) is 0. The lowest BCUT2D eigenvalue weighted by atomic mass is 10.1. The summed E-state index contributed by atoms with van der Waals surface area (Å²) in [4.78, 5) is 53.5. The average molecular weight is 550 g/mol. The number of rotatable bonds is 14. The van der Waals surface area contributed by atoms with Gasteiger partial charge in [-0.3, -0.25) is 19.4 Å². The summed E-state index contributed by atoms with van der Waals surface area (Å²) in [6, 6.07) is 15.2. The Kier molecular flexibility index (Phi) is 11.2. The van der Waals surface area contributed by atoms with Gasteiger partial charge in [0.15, 0.2) is 5.96 Å². The molecule has 3 rings (SSSR count). The van der Waals surface area contributed by atoms with Crippen LogP contribution in [0, 0.1) is 6.92 Å². The topological polar surface area (TPSA) is 194 Å². The number of anilines is 1. The number of hydrogen-bond donors (Lipinski definition) is 6. The van der Waals surface area contributed by atoms with Gasteiger partial charge in [0.25, 0.3) is 0 Å². The molecule has 1 aromatic heterocycles. The quantitative estimate of drug-likeness (QED) is 0.0738. The van der Waals surface area contributed by atoms with Gasteiger partial charge in [-0.1, -0.05) is 30.3 Å². The van der Waals surface area contributed by atoms with Gasteiger partial charge in [0.2, 0.25) is 17.7 Å². The Labute approximate surface area is 231 Å². The van der Waals surface area contributed by atoms with Crippen LogP contribution in [0.15, 0.2) is 68.8 Å². The number of amides is 3. The molecule has 0 saturated heterocycles. The third kappa shape index (κ3) is 9.87. The van der Waals surface area contributed by atoms with Gasteiger partial charge in [0.1, 0.15) is 11.6 Å². The Bertz CT molecular complexity index is 1400. The Morgan fingerprint density at radius 1 is 1.02 bits per heavy atom. The maximum atomic E-state index is 13.1. The van der Waals surface area contributed by atoms with Crippen molar-refractivity contribution < 1.29 is 18.8 Å². The molecule has 3 amide bonds. The minimum absolute atomic E-state index is 0.0704. The zero-order valence-corrected chi connectivity index (χ0v) is 22.4. The number of nitrogens with two attached hydrogens (primary N) is 2. The van der Waals surface area contributed by atoms with Crippen LogP contribution >= 0.6 is 0 Å². The summed E-state index contributed by atoms with van der Waals surface area (Å²) in [5.74, 6) is -1.37. The second kappa shape index (κ2) is 15.0. The largest absolute Gasteiger partial charge is 0.423 e. The number of hydrogen-bond acceptors (Lipinski definition) is 7. The molecule has 0 bridgehead atoms. The molecule has 40 heavy (non-hydrogen) atoms. The zero-order chi connectivity index (χ0) is 28.9. The smallest absolute Gasteiger partial charge is 0.336 e. The summed E-state index contributed by atoms with van der Waals surface area (Å²) < 4.78 is 5.24. The number of aryl methyl sites for hydroxylation is 1. The fourth-order valence-electron chi connectivity index (χ4n) is 3.95. The van der Waals surface area contributed by atoms with E-state index in [1.165, 1.54) is 6.07 Å². The van der Waals surface area contributed by atoms with E-state index in [9.17, 15) is 19.2 Å². The Morgan fingerprint density at radius 2 is 1.80 bits per heavy atom. The van der Waals surface area contributed by atoms with Gasteiger partial charge in [-0.05, 0) is 43.0 Å². The van der Waals surface area contributed by atoms with Crippen molar-refractivity contribution in [2.45, 2.75) is 38.8 Å². The molecule has 1 heterocycles. The third-order valence-electron chi connectivity index (χ3n) is 5.96. The van der Waals surface area contributed by atoms with Crippen LogP contribution in [-0.2, 0) is 20.9 Å². The summed E-state index contributed by atoms with van der Waals surface area (Å²) in [5, 5.41) is 11.9. The predicted octanol–water partition coefficient (Wildman–Crippen LogP) is 0.874. The first kappa shape index (κ1) is 29.8. The van der Waals surface area contributed by atoms with E-state index in [-0.39, 0.29) is 37.8 Å². The Morgan fingerprint density at radius 3 is 2.55 bits per heavy atom. The molecule has 2 aromatic carbocycles. The summed E-state index contributed by atoms with van der Waals surface area (Å²) in [6.07, 6.45) is 0.856. The monoisotopic (exact) mass is 549 g/mol. The number of aliphatic imine (C=N–C) groups is 1. The molecule has 3 aromatic rings. The second-order valence-corrected chi connectivity index (χ2v) is 9.21. The molecule has 0 aliphatic heterocycles. The van der Waals surface area contributed by atoms with Crippen molar-refractivity contribution in [3.05, 3.63) is 76.1 Å². The molecule has 0 unspecified atom stereocenters. The molecule has 0 radical (unpaired) electrons. The number of fused-ring (bicyclic) bond motifs is 1. The highest BCUT2D eigenvalue weighted by atomic mass is 16.4. The standard InChI is InChI=1S/C28H35N7O5/c1-18-14-26(38)40-23-15-20(9-10-21(18)23)34-27(39)22(8-5-12-32-28(29)30)35-25(37)17-33-24(36)11-13-31-16-19-6-3-2-4-7-19/h2-4,6-7,9-10,14-15,22,31H,5,8,11-13,16-17H2,1H3,(H,33,36)(H,34,39)(H,35,37)(H4,29,30,32)/t22-/m0/s1. The molecular formula is C28H35N7O5. The summed E-state index contributed by atoms with van der Waals surface area (Å²) in [6.45, 7) is 2.86. The molecule has 8 N–H and O–H groups in total. The van der Waals surface area contributed by atoms with E-state index < -0.39 is 23.5 Å². The van der Waals surface area contributed by atoms with Crippen LogP contribution in [0.1, 0.15) is 30.4 Å². The molecule has 212 valence electrons. The first-order valence-electron chi connectivity index (χ1n) is 12.9. The molecule has 0 fully saturated rings. The summed E-state index contributed by atoms with van der Waals surface area (Å²) in [5.41, 5.74) is 12.8. The van der Waals surface area contributed by atoms with E-state index in [0.717, 1.165) is 16.5 Å². The molecule has 1 atom stereocenters. The van der Waals surface area contributed by atoms with Crippen molar-refractivity contribution in [1.29, 1.82) is 0 Å². The second-order valence-electron chi connectivity index (χ2n) is 9.21. The van der Waals surface area contributed by atoms with Crippen molar-refractivity contribution >= 4 is 40.3 Å². The normalized spacial score (nSPS) is 11.4. The number of benzene rings is 2. The van der Waals surface area contributed by atoms with Crippen LogP contribution in [0.5, 0.6) is 0 Å².